The molecule has 8 nitrogen and oxygen atoms in total. The first-order valence-electron chi connectivity index (χ1n) is 10.3. The Morgan fingerprint density at radius 1 is 1.09 bits per heavy atom. The van der Waals surface area contributed by atoms with Gasteiger partial charge in [0.2, 0.25) is 0 Å². The molecule has 1 amide bonds. The molecular formula is C25H19FN2O6S. The highest BCUT2D eigenvalue weighted by Gasteiger charge is 2.16. The summed E-state index contributed by atoms with van der Waals surface area (Å²) in [6.07, 6.45) is 0. The second kappa shape index (κ2) is 10.3. The minimum atomic E-state index is -1.15. The molecule has 10 heteroatoms. The molecule has 0 saturated heterocycles. The minimum absolute atomic E-state index is 0.161. The van der Waals surface area contributed by atoms with E-state index in [1.54, 1.807) is 35.7 Å². The van der Waals surface area contributed by atoms with Gasteiger partial charge in [0.15, 0.2) is 23.9 Å². The van der Waals surface area contributed by atoms with Gasteiger partial charge in [0.25, 0.3) is 5.91 Å². The lowest BCUT2D eigenvalue weighted by Gasteiger charge is -2.11. The number of methoxy groups -OCH3 is 1. The summed E-state index contributed by atoms with van der Waals surface area (Å²) >= 11 is 1.26. The number of carbonyl (C=O) groups excluding carboxylic acids is 2. The Labute approximate surface area is 202 Å². The summed E-state index contributed by atoms with van der Waals surface area (Å²) in [7, 11) is 1.36. The van der Waals surface area contributed by atoms with E-state index in [0.717, 1.165) is 5.56 Å². The van der Waals surface area contributed by atoms with Crippen LogP contribution in [0.1, 0.15) is 20.8 Å². The number of carboxylic acid groups (broad SMARTS) is 1. The average molecular weight is 495 g/mol. The highest BCUT2D eigenvalue weighted by atomic mass is 32.1. The number of ketones is 1. The topological polar surface area (TPSA) is 115 Å². The van der Waals surface area contributed by atoms with Crippen molar-refractivity contribution in [1.82, 2.24) is 10.3 Å². The van der Waals surface area contributed by atoms with E-state index in [0.29, 0.717) is 15.8 Å². The monoisotopic (exact) mass is 494 g/mol. The number of aliphatic carboxylic acids is 1. The van der Waals surface area contributed by atoms with Gasteiger partial charge in [-0.15, -0.1) is 11.3 Å². The van der Waals surface area contributed by atoms with E-state index in [1.807, 2.05) is 0 Å². The number of rotatable bonds is 9. The lowest BCUT2D eigenvalue weighted by molar-refractivity contribution is -0.139. The van der Waals surface area contributed by atoms with Gasteiger partial charge >= 0.3 is 5.97 Å². The van der Waals surface area contributed by atoms with Crippen molar-refractivity contribution < 1.29 is 33.4 Å². The molecule has 0 aliphatic carbocycles. The fourth-order valence-electron chi connectivity index (χ4n) is 3.38. The van der Waals surface area contributed by atoms with E-state index < -0.39 is 24.3 Å². The maximum absolute atomic E-state index is 14.0. The number of hydrogen-bond donors (Lipinski definition) is 2. The van der Waals surface area contributed by atoms with Crippen LogP contribution >= 0.6 is 11.3 Å². The molecule has 2 N–H and O–H groups in total. The van der Waals surface area contributed by atoms with Crippen molar-refractivity contribution in [3.8, 4) is 22.8 Å². The standard InChI is InChI=1S/C25H19FN2O6S/c1-33-22-10-14(8-9-21(22)34-12-23(30)31)25(32)27-11-20(29)19-7-3-6-18(28-19)16-13-35-24-15(16)4-2-5-17(24)26/h2-10,13H,11-12H2,1H3,(H,27,32)(H,30,31). The number of pyridine rings is 1. The second-order valence-electron chi connectivity index (χ2n) is 7.33. The quantitative estimate of drug-likeness (QED) is 0.335. The number of nitrogens with one attached hydrogen (secondary N) is 1. The second-order valence-corrected chi connectivity index (χ2v) is 8.21. The third-order valence-electron chi connectivity index (χ3n) is 5.05. The van der Waals surface area contributed by atoms with Crippen molar-refractivity contribution >= 4 is 39.1 Å². The summed E-state index contributed by atoms with van der Waals surface area (Å²) in [5, 5.41) is 13.8. The fraction of sp³-hybridized carbons (Fsp3) is 0.120. The van der Waals surface area contributed by atoms with Crippen molar-refractivity contribution in [3.05, 3.63) is 77.1 Å². The zero-order chi connectivity index (χ0) is 24.9. The number of carboxylic acids is 1. The van der Waals surface area contributed by atoms with E-state index in [4.69, 9.17) is 14.6 Å². The van der Waals surface area contributed by atoms with Crippen molar-refractivity contribution in [2.45, 2.75) is 0 Å². The van der Waals surface area contributed by atoms with Crippen molar-refractivity contribution in [2.24, 2.45) is 0 Å². The number of benzene rings is 2. The van der Waals surface area contributed by atoms with Crippen LogP contribution in [0.4, 0.5) is 4.39 Å². The van der Waals surface area contributed by atoms with Gasteiger partial charge in [-0.3, -0.25) is 9.59 Å². The molecule has 0 spiro atoms. The van der Waals surface area contributed by atoms with Gasteiger partial charge in [0, 0.05) is 21.9 Å². The van der Waals surface area contributed by atoms with E-state index >= 15 is 0 Å². The Hall–Kier alpha value is -4.31. The molecule has 0 unspecified atom stereocenters. The molecule has 4 aromatic rings. The summed E-state index contributed by atoms with van der Waals surface area (Å²) in [6.45, 7) is -0.855. The molecule has 2 heterocycles. The van der Waals surface area contributed by atoms with Crippen molar-refractivity contribution in [2.75, 3.05) is 20.3 Å². The predicted octanol–water partition coefficient (Wildman–Crippen LogP) is 4.19. The van der Waals surface area contributed by atoms with Crippen LogP contribution in [0.5, 0.6) is 11.5 Å². The Bertz CT molecular complexity index is 1430. The number of carbonyl (C=O) groups is 3. The number of hydrogen-bond acceptors (Lipinski definition) is 7. The smallest absolute Gasteiger partial charge is 0.341 e. The number of thiophene rings is 1. The lowest BCUT2D eigenvalue weighted by atomic mass is 10.1. The average Bonchev–Trinajstić information content (AvgIpc) is 3.31. The Morgan fingerprint density at radius 3 is 2.66 bits per heavy atom. The van der Waals surface area contributed by atoms with Crippen LogP contribution in [0.3, 0.4) is 0 Å². The molecule has 178 valence electrons. The molecule has 35 heavy (non-hydrogen) atoms. The van der Waals surface area contributed by atoms with E-state index in [2.05, 4.69) is 10.3 Å². The molecule has 2 aromatic heterocycles. The van der Waals surface area contributed by atoms with Crippen molar-refractivity contribution in [1.29, 1.82) is 0 Å². The van der Waals surface area contributed by atoms with Gasteiger partial charge in [-0.2, -0.15) is 0 Å². The fourth-order valence-corrected chi connectivity index (χ4v) is 4.35. The largest absolute Gasteiger partial charge is 0.493 e. The molecule has 0 aliphatic heterocycles. The van der Waals surface area contributed by atoms with Crippen LogP contribution in [0.25, 0.3) is 21.3 Å². The molecule has 0 saturated carbocycles. The molecule has 0 aliphatic rings. The normalized spacial score (nSPS) is 10.7. The summed E-state index contributed by atoms with van der Waals surface area (Å²) in [6, 6.07) is 14.0. The van der Waals surface area contributed by atoms with Gasteiger partial charge in [-0.05, 0) is 36.4 Å². The van der Waals surface area contributed by atoms with Gasteiger partial charge < -0.3 is 19.9 Å². The summed E-state index contributed by atoms with van der Waals surface area (Å²) in [5.74, 6) is -2.05. The molecule has 0 radical (unpaired) electrons. The van der Waals surface area contributed by atoms with Gasteiger partial charge in [0.1, 0.15) is 11.5 Å². The van der Waals surface area contributed by atoms with Crippen LogP contribution < -0.4 is 14.8 Å². The van der Waals surface area contributed by atoms with E-state index in [-0.39, 0.29) is 35.1 Å². The number of halogens is 1. The van der Waals surface area contributed by atoms with Crippen LogP contribution in [0.2, 0.25) is 0 Å². The number of aromatic nitrogens is 1. The molecule has 0 atom stereocenters. The molecule has 2 aromatic carbocycles. The van der Waals surface area contributed by atoms with Gasteiger partial charge in [0.05, 0.1) is 24.0 Å². The Kier molecular flexibility index (Phi) is 7.02. The molecule has 4 rings (SSSR count). The number of Topliss-reactive ketones (excluding diaryl/α,β-unsaturated/α-hetero) is 1. The zero-order valence-corrected chi connectivity index (χ0v) is 19.2. The Balaban J connectivity index is 1.46. The third kappa shape index (κ3) is 5.28. The SMILES string of the molecule is COc1cc(C(=O)NCC(=O)c2cccc(-c3csc4c(F)cccc34)n2)ccc1OCC(=O)O. The molecular weight excluding hydrogens is 475 g/mol. The Morgan fingerprint density at radius 2 is 1.89 bits per heavy atom. The summed E-state index contributed by atoms with van der Waals surface area (Å²) < 4.78 is 24.8. The third-order valence-corrected chi connectivity index (χ3v) is 6.05. The van der Waals surface area contributed by atoms with E-state index in [1.165, 1.54) is 42.7 Å². The highest BCUT2D eigenvalue weighted by Crippen LogP contribution is 2.34. The number of nitrogens with zero attached hydrogens (tertiary/aromatic N) is 1. The van der Waals surface area contributed by atoms with Crippen LogP contribution in [-0.4, -0.2) is 48.0 Å². The van der Waals surface area contributed by atoms with Crippen molar-refractivity contribution in [3.63, 3.8) is 0 Å². The lowest BCUT2D eigenvalue weighted by Crippen LogP contribution is -2.30. The summed E-state index contributed by atoms with van der Waals surface area (Å²) in [4.78, 5) is 40.4. The first-order valence-corrected chi connectivity index (χ1v) is 11.2. The highest BCUT2D eigenvalue weighted by molar-refractivity contribution is 7.17. The van der Waals surface area contributed by atoms with Crippen LogP contribution in [0, 0.1) is 5.82 Å². The van der Waals surface area contributed by atoms with Crippen LogP contribution in [0.15, 0.2) is 60.0 Å². The predicted molar refractivity (Wildman–Crippen MR) is 128 cm³/mol. The van der Waals surface area contributed by atoms with Crippen LogP contribution in [-0.2, 0) is 4.79 Å². The number of ether oxygens (including phenoxy) is 2. The molecule has 0 fully saturated rings. The van der Waals surface area contributed by atoms with E-state index in [9.17, 15) is 18.8 Å². The van der Waals surface area contributed by atoms with Gasteiger partial charge in [-0.25, -0.2) is 14.2 Å². The minimum Gasteiger partial charge on any atom is -0.493 e. The number of amides is 1. The zero-order valence-electron chi connectivity index (χ0n) is 18.4. The summed E-state index contributed by atoms with van der Waals surface area (Å²) in [5.41, 5.74) is 1.61. The maximum atomic E-state index is 14.0. The van der Waals surface area contributed by atoms with Gasteiger partial charge in [-0.1, -0.05) is 18.2 Å². The first-order chi connectivity index (χ1) is 16.9. The molecule has 0 bridgehead atoms. The first kappa shape index (κ1) is 23.8. The number of fused-ring (bicyclic) bond motifs is 1. The maximum Gasteiger partial charge on any atom is 0.341 e.